The van der Waals surface area contributed by atoms with Gasteiger partial charge in [-0.15, -0.1) is 0 Å². The minimum absolute atomic E-state index is 0.141. The van der Waals surface area contributed by atoms with Gasteiger partial charge in [0.1, 0.15) is 5.58 Å². The molecule has 0 bridgehead atoms. The molecular weight excluding hydrogens is 354 g/mol. The molecule has 1 aromatic carbocycles. The fourth-order valence-electron chi connectivity index (χ4n) is 2.87. The Kier molecular flexibility index (Phi) is 6.36. The molecule has 2 heterocycles. The van der Waals surface area contributed by atoms with E-state index in [-0.39, 0.29) is 16.3 Å². The SMILES string of the molecule is CC.CC(=O)c1ccc2oc(=O)c(S(=O)(=O)N3CCC(C)CC3)cc2c1. The van der Waals surface area contributed by atoms with Crippen molar-refractivity contribution in [2.75, 3.05) is 13.1 Å². The number of ketones is 1. The molecule has 0 aliphatic carbocycles. The molecule has 26 heavy (non-hydrogen) atoms. The molecule has 0 amide bonds. The zero-order valence-electron chi connectivity index (χ0n) is 15.6. The van der Waals surface area contributed by atoms with Crippen LogP contribution in [0.4, 0.5) is 0 Å². The Bertz CT molecular complexity index is 954. The number of piperidine rings is 1. The van der Waals surface area contributed by atoms with Gasteiger partial charge < -0.3 is 4.42 Å². The van der Waals surface area contributed by atoms with Crippen LogP contribution in [0, 0.1) is 5.92 Å². The number of Topliss-reactive ketones (excluding diaryl/α,β-unsaturated/α-hetero) is 1. The van der Waals surface area contributed by atoms with Crippen LogP contribution in [0.1, 0.15) is 50.9 Å². The fourth-order valence-corrected chi connectivity index (χ4v) is 4.37. The highest BCUT2D eigenvalue weighted by atomic mass is 32.2. The highest BCUT2D eigenvalue weighted by Gasteiger charge is 2.31. The number of carbonyl (C=O) groups is 1. The van der Waals surface area contributed by atoms with Gasteiger partial charge in [0.15, 0.2) is 10.7 Å². The summed E-state index contributed by atoms with van der Waals surface area (Å²) in [6, 6.07) is 5.90. The topological polar surface area (TPSA) is 84.7 Å². The van der Waals surface area contributed by atoms with Crippen molar-refractivity contribution in [1.29, 1.82) is 0 Å². The van der Waals surface area contributed by atoms with E-state index < -0.39 is 15.6 Å². The molecule has 2 aromatic rings. The normalized spacial score (nSPS) is 16.2. The summed E-state index contributed by atoms with van der Waals surface area (Å²) < 4.78 is 32.0. The summed E-state index contributed by atoms with van der Waals surface area (Å²) in [7, 11) is -3.90. The molecule has 1 saturated heterocycles. The van der Waals surface area contributed by atoms with Crippen molar-refractivity contribution in [3.8, 4) is 0 Å². The average Bonchev–Trinajstić information content (AvgIpc) is 2.62. The van der Waals surface area contributed by atoms with E-state index in [1.54, 1.807) is 6.07 Å². The van der Waals surface area contributed by atoms with Crippen molar-refractivity contribution in [2.24, 2.45) is 5.92 Å². The number of hydrogen-bond acceptors (Lipinski definition) is 5. The Morgan fingerprint density at radius 3 is 2.35 bits per heavy atom. The summed E-state index contributed by atoms with van der Waals surface area (Å²) in [6.07, 6.45) is 1.54. The van der Waals surface area contributed by atoms with Crippen LogP contribution in [0.2, 0.25) is 0 Å². The molecule has 0 saturated carbocycles. The monoisotopic (exact) mass is 379 g/mol. The lowest BCUT2D eigenvalue weighted by Gasteiger charge is -2.29. The maximum Gasteiger partial charge on any atom is 0.356 e. The molecule has 0 atom stereocenters. The second-order valence-corrected chi connectivity index (χ2v) is 8.20. The zero-order chi connectivity index (χ0) is 19.5. The second kappa shape index (κ2) is 8.14. The first-order chi connectivity index (χ1) is 12.3. The molecule has 0 spiro atoms. The molecule has 0 radical (unpaired) electrons. The number of rotatable bonds is 3. The molecule has 1 aliphatic rings. The molecule has 7 heteroatoms. The van der Waals surface area contributed by atoms with Gasteiger partial charge in [-0.05, 0) is 49.9 Å². The number of sulfonamides is 1. The predicted octanol–water partition coefficient (Wildman–Crippen LogP) is 3.44. The molecular formula is C19H25NO5S. The summed E-state index contributed by atoms with van der Waals surface area (Å²) in [5.74, 6) is 0.333. The van der Waals surface area contributed by atoms with Crippen LogP contribution in [-0.4, -0.2) is 31.6 Å². The van der Waals surface area contributed by atoms with E-state index in [0.717, 1.165) is 12.8 Å². The number of carbonyl (C=O) groups excluding carboxylic acids is 1. The smallest absolute Gasteiger partial charge is 0.356 e. The summed E-state index contributed by atoms with van der Waals surface area (Å²) in [5.41, 5.74) is -0.181. The van der Waals surface area contributed by atoms with Crippen molar-refractivity contribution in [3.63, 3.8) is 0 Å². The molecule has 3 rings (SSSR count). The largest absolute Gasteiger partial charge is 0.422 e. The van der Waals surface area contributed by atoms with E-state index in [2.05, 4.69) is 6.92 Å². The molecule has 1 aliphatic heterocycles. The van der Waals surface area contributed by atoms with E-state index in [1.165, 1.54) is 29.4 Å². The van der Waals surface area contributed by atoms with Crippen molar-refractivity contribution >= 4 is 26.8 Å². The highest BCUT2D eigenvalue weighted by molar-refractivity contribution is 7.89. The summed E-state index contributed by atoms with van der Waals surface area (Å²) in [4.78, 5) is 23.3. The van der Waals surface area contributed by atoms with Crippen LogP contribution >= 0.6 is 0 Å². The third kappa shape index (κ3) is 4.04. The molecule has 1 fully saturated rings. The van der Waals surface area contributed by atoms with E-state index in [1.807, 2.05) is 13.8 Å². The van der Waals surface area contributed by atoms with Gasteiger partial charge >= 0.3 is 5.63 Å². The number of benzene rings is 1. The molecule has 1 aromatic heterocycles. The molecule has 142 valence electrons. The van der Waals surface area contributed by atoms with E-state index in [9.17, 15) is 18.0 Å². The lowest BCUT2D eigenvalue weighted by atomic mass is 10.0. The van der Waals surface area contributed by atoms with Crippen molar-refractivity contribution in [2.45, 2.75) is 45.4 Å². The maximum atomic E-state index is 12.8. The van der Waals surface area contributed by atoms with Crippen molar-refractivity contribution in [1.82, 2.24) is 4.31 Å². The molecule has 0 N–H and O–H groups in total. The Hall–Kier alpha value is -1.99. The third-order valence-electron chi connectivity index (χ3n) is 4.47. The van der Waals surface area contributed by atoms with Crippen LogP contribution in [-0.2, 0) is 10.0 Å². The summed E-state index contributed by atoms with van der Waals surface area (Å²) >= 11 is 0. The quantitative estimate of drug-likeness (QED) is 0.602. The van der Waals surface area contributed by atoms with Crippen LogP contribution < -0.4 is 5.63 Å². The van der Waals surface area contributed by atoms with E-state index in [4.69, 9.17) is 4.42 Å². The van der Waals surface area contributed by atoms with Crippen LogP contribution in [0.15, 0.2) is 38.4 Å². The number of nitrogens with zero attached hydrogens (tertiary/aromatic N) is 1. The van der Waals surface area contributed by atoms with Crippen LogP contribution in [0.3, 0.4) is 0 Å². The summed E-state index contributed by atoms with van der Waals surface area (Å²) in [5, 5.41) is 0.422. The van der Waals surface area contributed by atoms with Crippen LogP contribution in [0.25, 0.3) is 11.0 Å². The molecule has 6 nitrogen and oxygen atoms in total. The lowest BCUT2D eigenvalue weighted by molar-refractivity contribution is 0.101. The van der Waals surface area contributed by atoms with Gasteiger partial charge in [0.2, 0.25) is 10.0 Å². The van der Waals surface area contributed by atoms with Gasteiger partial charge in [-0.25, -0.2) is 13.2 Å². The van der Waals surface area contributed by atoms with Gasteiger partial charge in [-0.1, -0.05) is 20.8 Å². The van der Waals surface area contributed by atoms with Crippen molar-refractivity contribution < 1.29 is 17.6 Å². The average molecular weight is 379 g/mol. The Balaban J connectivity index is 0.00000117. The Morgan fingerprint density at radius 1 is 1.15 bits per heavy atom. The fraction of sp³-hybridized carbons (Fsp3) is 0.474. The van der Waals surface area contributed by atoms with Gasteiger partial charge in [-0.2, -0.15) is 4.31 Å². The number of fused-ring (bicyclic) bond motifs is 1. The summed E-state index contributed by atoms with van der Waals surface area (Å²) in [6.45, 7) is 8.30. The number of hydrogen-bond donors (Lipinski definition) is 0. The van der Waals surface area contributed by atoms with Gasteiger partial charge in [0.25, 0.3) is 0 Å². The highest BCUT2D eigenvalue weighted by Crippen LogP contribution is 2.24. The zero-order valence-corrected chi connectivity index (χ0v) is 16.4. The second-order valence-electron chi connectivity index (χ2n) is 6.29. The van der Waals surface area contributed by atoms with E-state index >= 15 is 0 Å². The third-order valence-corrected chi connectivity index (χ3v) is 6.35. The van der Waals surface area contributed by atoms with Gasteiger partial charge in [0.05, 0.1) is 0 Å². The maximum absolute atomic E-state index is 12.8. The van der Waals surface area contributed by atoms with Gasteiger partial charge in [-0.3, -0.25) is 4.79 Å². The minimum atomic E-state index is -3.90. The van der Waals surface area contributed by atoms with Gasteiger partial charge in [0, 0.05) is 24.0 Å². The van der Waals surface area contributed by atoms with Crippen LogP contribution in [0.5, 0.6) is 0 Å². The lowest BCUT2D eigenvalue weighted by Crippen LogP contribution is -2.39. The standard InChI is InChI=1S/C17H19NO5S.C2H6/c1-11-5-7-18(8-6-11)24(21,22)16-10-14-9-13(12(2)19)3-4-15(14)23-17(16)20;1-2/h3-4,9-11H,5-8H2,1-2H3;1-2H3. The first-order valence-corrected chi connectivity index (χ1v) is 10.3. The Labute approximate surface area is 153 Å². The predicted molar refractivity (Wildman–Crippen MR) is 101 cm³/mol. The Morgan fingerprint density at radius 2 is 1.77 bits per heavy atom. The van der Waals surface area contributed by atoms with Crippen molar-refractivity contribution in [3.05, 3.63) is 40.2 Å². The first kappa shape index (κ1) is 20.3. The van der Waals surface area contributed by atoms with E-state index in [0.29, 0.717) is 30.0 Å². The first-order valence-electron chi connectivity index (χ1n) is 8.88. The minimum Gasteiger partial charge on any atom is -0.422 e. The molecule has 0 unspecified atom stereocenters.